The minimum absolute atomic E-state index is 0.0780. The highest BCUT2D eigenvalue weighted by Crippen LogP contribution is 2.24. The Morgan fingerprint density at radius 2 is 2.00 bits per heavy atom. The summed E-state index contributed by atoms with van der Waals surface area (Å²) in [6, 6.07) is 12.4. The summed E-state index contributed by atoms with van der Waals surface area (Å²) in [6.45, 7) is 2.78. The summed E-state index contributed by atoms with van der Waals surface area (Å²) in [6.07, 6.45) is 3.48. The maximum Gasteiger partial charge on any atom is 0.204 e. The van der Waals surface area contributed by atoms with Gasteiger partial charge in [0.05, 0.1) is 17.6 Å². The number of nitrogens with zero attached hydrogens (tertiary/aromatic N) is 3. The lowest BCUT2D eigenvalue weighted by atomic mass is 10.1. The zero-order chi connectivity index (χ0) is 17.9. The lowest BCUT2D eigenvalue weighted by molar-refractivity contribution is 0.243. The fourth-order valence-corrected chi connectivity index (χ4v) is 3.66. The van der Waals surface area contributed by atoms with Crippen LogP contribution in [-0.2, 0) is 13.2 Å². The standard InChI is InChI=1S/C20H26N4O2/c1-23-11-4-5-15(10-12-23)21-20-22-18-6-2-3-7-19(18)24(20)13-16-8-9-17(14-25)26-16/h2-3,6-9,15,25H,4-5,10-14H2,1H3,(H,21,22). The number of likely N-dealkylation sites (tertiary alicyclic amines) is 1. The van der Waals surface area contributed by atoms with Crippen molar-refractivity contribution in [2.75, 3.05) is 25.5 Å². The average molecular weight is 354 g/mol. The van der Waals surface area contributed by atoms with Gasteiger partial charge in [0.2, 0.25) is 5.95 Å². The largest absolute Gasteiger partial charge is 0.462 e. The maximum absolute atomic E-state index is 9.24. The van der Waals surface area contributed by atoms with E-state index >= 15 is 0 Å². The van der Waals surface area contributed by atoms with E-state index in [1.54, 1.807) is 0 Å². The van der Waals surface area contributed by atoms with Gasteiger partial charge in [0.25, 0.3) is 0 Å². The Hall–Kier alpha value is -2.31. The van der Waals surface area contributed by atoms with E-state index in [2.05, 4.69) is 27.9 Å². The van der Waals surface area contributed by atoms with Crippen LogP contribution in [0, 0.1) is 0 Å². The summed E-state index contributed by atoms with van der Waals surface area (Å²) < 4.78 is 7.87. The minimum atomic E-state index is -0.0780. The SMILES string of the molecule is CN1CCCC(Nc2nc3ccccc3n2Cc2ccc(CO)o2)CC1. The third-order valence-electron chi connectivity index (χ3n) is 5.13. The van der Waals surface area contributed by atoms with E-state index in [1.807, 2.05) is 30.3 Å². The number of hydrogen-bond acceptors (Lipinski definition) is 5. The molecule has 1 aliphatic heterocycles. The average Bonchev–Trinajstić information content (AvgIpc) is 3.18. The van der Waals surface area contributed by atoms with E-state index < -0.39 is 0 Å². The van der Waals surface area contributed by atoms with Crippen molar-refractivity contribution in [2.45, 2.75) is 38.5 Å². The van der Waals surface area contributed by atoms with Crippen LogP contribution in [0.3, 0.4) is 0 Å². The first-order chi connectivity index (χ1) is 12.7. The van der Waals surface area contributed by atoms with Crippen LogP contribution in [0.2, 0.25) is 0 Å². The van der Waals surface area contributed by atoms with E-state index in [9.17, 15) is 5.11 Å². The molecule has 1 atom stereocenters. The van der Waals surface area contributed by atoms with Gasteiger partial charge < -0.3 is 24.3 Å². The summed E-state index contributed by atoms with van der Waals surface area (Å²) in [5.74, 6) is 2.30. The quantitative estimate of drug-likeness (QED) is 0.737. The molecule has 3 aromatic rings. The van der Waals surface area contributed by atoms with E-state index in [-0.39, 0.29) is 6.61 Å². The highest BCUT2D eigenvalue weighted by atomic mass is 16.4. The molecule has 26 heavy (non-hydrogen) atoms. The van der Waals surface area contributed by atoms with Crippen molar-refractivity contribution in [3.05, 3.63) is 47.9 Å². The zero-order valence-corrected chi connectivity index (χ0v) is 15.2. The molecule has 0 saturated carbocycles. The van der Waals surface area contributed by atoms with Crippen LogP contribution < -0.4 is 5.32 Å². The number of benzene rings is 1. The highest BCUT2D eigenvalue weighted by Gasteiger charge is 2.19. The number of rotatable bonds is 5. The predicted molar refractivity (Wildman–Crippen MR) is 102 cm³/mol. The first kappa shape index (κ1) is 17.1. The van der Waals surface area contributed by atoms with E-state index in [1.165, 1.54) is 6.42 Å². The number of aliphatic hydroxyl groups is 1. The summed E-state index contributed by atoms with van der Waals surface area (Å²) in [5, 5.41) is 12.9. The first-order valence-electron chi connectivity index (χ1n) is 9.32. The van der Waals surface area contributed by atoms with E-state index in [4.69, 9.17) is 9.40 Å². The van der Waals surface area contributed by atoms with Crippen molar-refractivity contribution in [1.82, 2.24) is 14.5 Å². The molecule has 2 aromatic heterocycles. The van der Waals surface area contributed by atoms with E-state index in [0.29, 0.717) is 18.3 Å². The maximum atomic E-state index is 9.24. The van der Waals surface area contributed by atoms with Gasteiger partial charge in [-0.1, -0.05) is 12.1 Å². The molecule has 1 aliphatic rings. The van der Waals surface area contributed by atoms with Crippen LogP contribution in [0.15, 0.2) is 40.8 Å². The number of furan rings is 1. The molecule has 6 heteroatoms. The molecule has 1 unspecified atom stereocenters. The second-order valence-corrected chi connectivity index (χ2v) is 7.11. The van der Waals surface area contributed by atoms with Gasteiger partial charge in [-0.3, -0.25) is 0 Å². The second kappa shape index (κ2) is 7.51. The number of nitrogens with one attached hydrogen (secondary N) is 1. The van der Waals surface area contributed by atoms with Crippen molar-refractivity contribution in [3.63, 3.8) is 0 Å². The molecule has 0 bridgehead atoms. The van der Waals surface area contributed by atoms with Crippen molar-refractivity contribution in [2.24, 2.45) is 0 Å². The fraction of sp³-hybridized carbons (Fsp3) is 0.450. The Kier molecular flexibility index (Phi) is 4.95. The Morgan fingerprint density at radius 3 is 2.85 bits per heavy atom. The normalized spacial score (nSPS) is 18.9. The number of aromatic nitrogens is 2. The third kappa shape index (κ3) is 3.61. The van der Waals surface area contributed by atoms with Crippen LogP contribution in [0.4, 0.5) is 5.95 Å². The molecule has 0 aliphatic carbocycles. The topological polar surface area (TPSA) is 66.5 Å². The molecule has 2 N–H and O–H groups in total. The molecule has 4 rings (SSSR count). The van der Waals surface area contributed by atoms with Crippen molar-refractivity contribution in [3.8, 4) is 0 Å². The lowest BCUT2D eigenvalue weighted by Crippen LogP contribution is -2.24. The number of anilines is 1. The van der Waals surface area contributed by atoms with Gasteiger partial charge in [-0.2, -0.15) is 0 Å². The predicted octanol–water partition coefficient (Wildman–Crippen LogP) is 3.07. The van der Waals surface area contributed by atoms with Gasteiger partial charge in [-0.15, -0.1) is 0 Å². The lowest BCUT2D eigenvalue weighted by Gasteiger charge is -2.18. The number of imidazole rings is 1. The zero-order valence-electron chi connectivity index (χ0n) is 15.2. The molecule has 138 valence electrons. The van der Waals surface area contributed by atoms with Crippen LogP contribution in [0.5, 0.6) is 0 Å². The molecule has 1 aromatic carbocycles. The van der Waals surface area contributed by atoms with Crippen molar-refractivity contribution >= 4 is 17.0 Å². The van der Waals surface area contributed by atoms with Crippen LogP contribution in [0.25, 0.3) is 11.0 Å². The van der Waals surface area contributed by atoms with Gasteiger partial charge >= 0.3 is 0 Å². The summed E-state index contributed by atoms with van der Waals surface area (Å²) in [4.78, 5) is 7.22. The van der Waals surface area contributed by atoms with Gasteiger partial charge in [-0.05, 0) is 63.7 Å². The summed E-state index contributed by atoms with van der Waals surface area (Å²) in [7, 11) is 2.19. The molecular formula is C20H26N4O2. The van der Waals surface area contributed by atoms with Crippen LogP contribution >= 0.6 is 0 Å². The Labute approximate surface area is 153 Å². The molecular weight excluding hydrogens is 328 g/mol. The first-order valence-corrected chi connectivity index (χ1v) is 9.32. The molecule has 6 nitrogen and oxygen atoms in total. The molecule has 3 heterocycles. The van der Waals surface area contributed by atoms with Crippen LogP contribution in [-0.4, -0.2) is 45.7 Å². The van der Waals surface area contributed by atoms with Crippen LogP contribution in [0.1, 0.15) is 30.8 Å². The molecule has 0 amide bonds. The number of fused-ring (bicyclic) bond motifs is 1. The van der Waals surface area contributed by atoms with E-state index in [0.717, 1.165) is 48.7 Å². The van der Waals surface area contributed by atoms with Gasteiger partial charge in [0.1, 0.15) is 18.1 Å². The summed E-state index contributed by atoms with van der Waals surface area (Å²) >= 11 is 0. The number of para-hydroxylation sites is 2. The number of aliphatic hydroxyl groups excluding tert-OH is 1. The smallest absolute Gasteiger partial charge is 0.204 e. The van der Waals surface area contributed by atoms with Gasteiger partial charge in [-0.25, -0.2) is 4.98 Å². The Balaban J connectivity index is 1.62. The third-order valence-corrected chi connectivity index (χ3v) is 5.13. The molecule has 0 spiro atoms. The fourth-order valence-electron chi connectivity index (χ4n) is 3.66. The molecule has 1 fully saturated rings. The van der Waals surface area contributed by atoms with Crippen molar-refractivity contribution < 1.29 is 9.52 Å². The monoisotopic (exact) mass is 354 g/mol. The highest BCUT2D eigenvalue weighted by molar-refractivity contribution is 5.78. The molecule has 0 radical (unpaired) electrons. The second-order valence-electron chi connectivity index (χ2n) is 7.11. The minimum Gasteiger partial charge on any atom is -0.462 e. The van der Waals surface area contributed by atoms with Gasteiger partial charge in [0.15, 0.2) is 0 Å². The number of hydrogen-bond donors (Lipinski definition) is 2. The Bertz CT molecular complexity index is 870. The van der Waals surface area contributed by atoms with Crippen molar-refractivity contribution in [1.29, 1.82) is 0 Å². The molecule has 1 saturated heterocycles. The Morgan fingerprint density at radius 1 is 1.15 bits per heavy atom. The van der Waals surface area contributed by atoms with Gasteiger partial charge in [0, 0.05) is 6.04 Å². The summed E-state index contributed by atoms with van der Waals surface area (Å²) in [5.41, 5.74) is 2.07.